The zero-order chi connectivity index (χ0) is 23.6. The summed E-state index contributed by atoms with van der Waals surface area (Å²) < 4.78 is 27.2. The molecule has 1 aliphatic heterocycles. The molecular weight excluding hydrogens is 442 g/mol. The average Bonchev–Trinajstić information content (AvgIpc) is 3.18. The van der Waals surface area contributed by atoms with E-state index in [1.54, 1.807) is 11.0 Å². The van der Waals surface area contributed by atoms with Crippen LogP contribution in [0, 0.1) is 19.8 Å². The summed E-state index contributed by atoms with van der Waals surface area (Å²) in [6.45, 7) is 4.28. The maximum Gasteiger partial charge on any atom is 0.264 e. The van der Waals surface area contributed by atoms with Crippen molar-refractivity contribution in [2.24, 2.45) is 5.92 Å². The van der Waals surface area contributed by atoms with Crippen molar-refractivity contribution in [1.82, 2.24) is 9.97 Å². The van der Waals surface area contributed by atoms with E-state index in [4.69, 9.17) is 0 Å². The van der Waals surface area contributed by atoms with Gasteiger partial charge in [0, 0.05) is 36.7 Å². The molecule has 2 amide bonds. The normalized spacial score (nSPS) is 16.0. The number of anilines is 3. The molecule has 0 spiro atoms. The Balaban J connectivity index is 1.40. The van der Waals surface area contributed by atoms with E-state index in [9.17, 15) is 18.0 Å². The van der Waals surface area contributed by atoms with E-state index in [1.165, 1.54) is 36.7 Å². The molecular formula is C23H23N5O4S. The predicted octanol–water partition coefficient (Wildman–Crippen LogP) is 2.89. The van der Waals surface area contributed by atoms with Crippen molar-refractivity contribution in [3.63, 3.8) is 0 Å². The van der Waals surface area contributed by atoms with Gasteiger partial charge in [-0.25, -0.2) is 23.1 Å². The van der Waals surface area contributed by atoms with E-state index >= 15 is 0 Å². The molecule has 1 atom stereocenters. The highest BCUT2D eigenvalue weighted by Crippen LogP contribution is 2.28. The molecule has 0 saturated carbocycles. The molecule has 9 nitrogen and oxygen atoms in total. The highest BCUT2D eigenvalue weighted by Gasteiger charge is 2.35. The van der Waals surface area contributed by atoms with Gasteiger partial charge in [0.15, 0.2) is 0 Å². The van der Waals surface area contributed by atoms with Gasteiger partial charge in [-0.15, -0.1) is 0 Å². The minimum Gasteiger partial charge on any atom is -0.326 e. The predicted molar refractivity (Wildman–Crippen MR) is 124 cm³/mol. The number of hydrogen-bond acceptors (Lipinski definition) is 6. The molecule has 1 saturated heterocycles. The lowest BCUT2D eigenvalue weighted by Gasteiger charge is -2.18. The quantitative estimate of drug-likeness (QED) is 0.577. The lowest BCUT2D eigenvalue weighted by atomic mass is 10.1. The summed E-state index contributed by atoms with van der Waals surface area (Å²) in [6, 6.07) is 13.1. The van der Waals surface area contributed by atoms with Crippen LogP contribution in [0.15, 0.2) is 65.8 Å². The molecule has 2 aromatic carbocycles. The van der Waals surface area contributed by atoms with Crippen molar-refractivity contribution in [1.29, 1.82) is 0 Å². The van der Waals surface area contributed by atoms with E-state index in [0.29, 0.717) is 12.2 Å². The number of hydrogen-bond donors (Lipinski definition) is 2. The number of carbonyl (C=O) groups is 2. The van der Waals surface area contributed by atoms with Gasteiger partial charge in [0.05, 0.1) is 10.8 Å². The summed E-state index contributed by atoms with van der Waals surface area (Å²) in [5.41, 5.74) is 3.43. The topological polar surface area (TPSA) is 121 Å². The maximum absolute atomic E-state index is 12.7. The minimum atomic E-state index is -3.87. The van der Waals surface area contributed by atoms with Crippen LogP contribution in [-0.4, -0.2) is 36.7 Å². The molecule has 1 aromatic heterocycles. The molecule has 1 fully saturated rings. The summed E-state index contributed by atoms with van der Waals surface area (Å²) >= 11 is 0. The fraction of sp³-hybridized carbons (Fsp3) is 0.217. The van der Waals surface area contributed by atoms with Crippen LogP contribution in [0.4, 0.5) is 17.3 Å². The second-order valence-corrected chi connectivity index (χ2v) is 9.55. The number of rotatable bonds is 6. The zero-order valence-electron chi connectivity index (χ0n) is 18.1. The van der Waals surface area contributed by atoms with Crippen LogP contribution in [0.5, 0.6) is 0 Å². The first kappa shape index (κ1) is 22.4. The Morgan fingerprint density at radius 3 is 2.39 bits per heavy atom. The average molecular weight is 466 g/mol. The molecule has 2 N–H and O–H groups in total. The van der Waals surface area contributed by atoms with Gasteiger partial charge in [-0.1, -0.05) is 6.07 Å². The second-order valence-electron chi connectivity index (χ2n) is 7.87. The van der Waals surface area contributed by atoms with Gasteiger partial charge in [-0.2, -0.15) is 0 Å². The minimum absolute atomic E-state index is 0.00455. The highest BCUT2D eigenvalue weighted by atomic mass is 32.2. The third-order valence-corrected chi connectivity index (χ3v) is 6.87. The monoisotopic (exact) mass is 465 g/mol. The Bertz CT molecular complexity index is 1290. The van der Waals surface area contributed by atoms with Crippen molar-refractivity contribution in [2.75, 3.05) is 21.5 Å². The Kier molecular flexibility index (Phi) is 6.10. The van der Waals surface area contributed by atoms with Gasteiger partial charge in [-0.05, 0) is 67.4 Å². The van der Waals surface area contributed by atoms with E-state index in [0.717, 1.165) is 16.8 Å². The number of aryl methyl sites for hydroxylation is 2. The molecule has 0 unspecified atom stereocenters. The van der Waals surface area contributed by atoms with Crippen molar-refractivity contribution < 1.29 is 18.0 Å². The number of nitrogens with zero attached hydrogens (tertiary/aromatic N) is 3. The summed E-state index contributed by atoms with van der Waals surface area (Å²) in [5, 5.41) is 2.77. The molecule has 0 aliphatic carbocycles. The molecule has 10 heteroatoms. The number of amides is 2. The van der Waals surface area contributed by atoms with Crippen LogP contribution in [0.25, 0.3) is 0 Å². The van der Waals surface area contributed by atoms with Crippen molar-refractivity contribution in [2.45, 2.75) is 25.2 Å². The van der Waals surface area contributed by atoms with Crippen molar-refractivity contribution in [3.05, 3.63) is 72.1 Å². The second kappa shape index (κ2) is 8.99. The molecule has 2 heterocycles. The van der Waals surface area contributed by atoms with E-state index in [-0.39, 0.29) is 29.1 Å². The molecule has 0 bridgehead atoms. The van der Waals surface area contributed by atoms with Gasteiger partial charge in [-0.3, -0.25) is 9.59 Å². The number of carbonyl (C=O) groups excluding carboxylic acids is 2. The first-order chi connectivity index (χ1) is 15.7. The van der Waals surface area contributed by atoms with E-state index in [1.807, 2.05) is 32.0 Å². The van der Waals surface area contributed by atoms with E-state index < -0.39 is 15.9 Å². The van der Waals surface area contributed by atoms with Crippen LogP contribution in [0.3, 0.4) is 0 Å². The highest BCUT2D eigenvalue weighted by molar-refractivity contribution is 7.92. The lowest BCUT2D eigenvalue weighted by Crippen LogP contribution is -2.28. The fourth-order valence-electron chi connectivity index (χ4n) is 3.52. The third kappa shape index (κ3) is 5.01. The maximum atomic E-state index is 12.7. The summed E-state index contributed by atoms with van der Waals surface area (Å²) in [6.07, 6.45) is 2.98. The van der Waals surface area contributed by atoms with Gasteiger partial charge >= 0.3 is 0 Å². The van der Waals surface area contributed by atoms with Gasteiger partial charge < -0.3 is 10.2 Å². The summed E-state index contributed by atoms with van der Waals surface area (Å²) in [7, 11) is -3.87. The number of nitrogens with one attached hydrogen (secondary N) is 2. The largest absolute Gasteiger partial charge is 0.326 e. The fourth-order valence-corrected chi connectivity index (χ4v) is 4.48. The first-order valence-electron chi connectivity index (χ1n) is 10.3. The van der Waals surface area contributed by atoms with Crippen LogP contribution < -0.4 is 14.9 Å². The molecule has 33 heavy (non-hydrogen) atoms. The van der Waals surface area contributed by atoms with E-state index in [2.05, 4.69) is 20.0 Å². The van der Waals surface area contributed by atoms with Gasteiger partial charge in [0.25, 0.3) is 10.0 Å². The Labute approximate surface area is 191 Å². The molecule has 4 rings (SSSR count). The standard InChI is InChI=1S/C23H23N5O4S/c1-15-4-7-19(12-16(15)2)28-14-17(13-21(28)29)22(30)26-18-5-8-20(9-6-18)33(31,32)27-23-24-10-3-11-25-23/h3-12,17H,13-14H2,1-2H3,(H,26,30)(H,24,25,27)/t17-/m1/s1. The SMILES string of the molecule is Cc1ccc(N2C[C@H](C(=O)Nc3ccc(S(=O)(=O)Nc4ncccn4)cc3)CC2=O)cc1C. The summed E-state index contributed by atoms with van der Waals surface area (Å²) in [5.74, 6) is -0.927. The summed E-state index contributed by atoms with van der Waals surface area (Å²) in [4.78, 5) is 34.6. The van der Waals surface area contributed by atoms with Crippen LogP contribution in [0.2, 0.25) is 0 Å². The Morgan fingerprint density at radius 1 is 1.03 bits per heavy atom. The van der Waals surface area contributed by atoms with Crippen molar-refractivity contribution >= 4 is 39.2 Å². The lowest BCUT2D eigenvalue weighted by molar-refractivity contribution is -0.122. The number of aromatic nitrogens is 2. The smallest absolute Gasteiger partial charge is 0.264 e. The first-order valence-corrected chi connectivity index (χ1v) is 11.8. The van der Waals surface area contributed by atoms with Crippen LogP contribution >= 0.6 is 0 Å². The van der Waals surface area contributed by atoms with Gasteiger partial charge in [0.2, 0.25) is 17.8 Å². The zero-order valence-corrected chi connectivity index (χ0v) is 19.0. The number of benzene rings is 2. The van der Waals surface area contributed by atoms with Crippen LogP contribution in [0.1, 0.15) is 17.5 Å². The van der Waals surface area contributed by atoms with Crippen LogP contribution in [-0.2, 0) is 19.6 Å². The van der Waals surface area contributed by atoms with Gasteiger partial charge in [0.1, 0.15) is 0 Å². The molecule has 170 valence electrons. The molecule has 1 aliphatic rings. The molecule has 3 aromatic rings. The third-order valence-electron chi connectivity index (χ3n) is 5.52. The number of sulfonamides is 1. The molecule has 0 radical (unpaired) electrons. The van der Waals surface area contributed by atoms with Crippen molar-refractivity contribution in [3.8, 4) is 0 Å². The Hall–Kier alpha value is -3.79. The Morgan fingerprint density at radius 2 is 1.73 bits per heavy atom.